The lowest BCUT2D eigenvalue weighted by Gasteiger charge is -2.09. The molecule has 0 atom stereocenters. The largest absolute Gasteiger partial charge is 0.497 e. The van der Waals surface area contributed by atoms with Crippen LogP contribution < -0.4 is 15.2 Å². The number of aromatic nitrogens is 2. The van der Waals surface area contributed by atoms with Crippen molar-refractivity contribution in [1.82, 2.24) is 9.78 Å². The van der Waals surface area contributed by atoms with Crippen molar-refractivity contribution < 1.29 is 9.47 Å². The molecule has 6 heteroatoms. The molecule has 18 heavy (non-hydrogen) atoms. The van der Waals surface area contributed by atoms with Gasteiger partial charge in [0.05, 0.1) is 17.3 Å². The number of rotatable bonds is 3. The van der Waals surface area contributed by atoms with Crippen LogP contribution >= 0.6 is 15.9 Å². The number of anilines is 1. The summed E-state index contributed by atoms with van der Waals surface area (Å²) in [6, 6.07) is 5.46. The third-order valence-corrected chi connectivity index (χ3v) is 3.18. The smallest absolute Gasteiger partial charge is 0.241 e. The standard InChI is InChI=1S/C12H14BrN3O2/c1-7-11(14)12(16(2)15-7)18-10-5-4-8(17-3)6-9(10)13/h4-6H,14H2,1-3H3. The highest BCUT2D eigenvalue weighted by atomic mass is 79.9. The average Bonchev–Trinajstić information content (AvgIpc) is 2.58. The molecule has 0 aliphatic rings. The van der Waals surface area contributed by atoms with Crippen LogP contribution in [0.25, 0.3) is 0 Å². The molecular formula is C12H14BrN3O2. The van der Waals surface area contributed by atoms with Crippen LogP contribution in [-0.2, 0) is 7.05 Å². The maximum atomic E-state index is 5.91. The molecule has 0 aliphatic heterocycles. The second kappa shape index (κ2) is 4.89. The van der Waals surface area contributed by atoms with Gasteiger partial charge in [0, 0.05) is 7.05 Å². The fourth-order valence-electron chi connectivity index (χ4n) is 1.57. The minimum atomic E-state index is 0.526. The maximum absolute atomic E-state index is 5.91. The summed E-state index contributed by atoms with van der Waals surface area (Å²) in [4.78, 5) is 0. The van der Waals surface area contributed by atoms with Crippen LogP contribution in [0.5, 0.6) is 17.4 Å². The van der Waals surface area contributed by atoms with Crippen LogP contribution in [0.4, 0.5) is 5.69 Å². The third kappa shape index (κ3) is 2.28. The van der Waals surface area contributed by atoms with Crippen molar-refractivity contribution in [3.05, 3.63) is 28.4 Å². The number of aryl methyl sites for hydroxylation is 2. The fourth-order valence-corrected chi connectivity index (χ4v) is 2.01. The van der Waals surface area contributed by atoms with E-state index in [4.69, 9.17) is 15.2 Å². The van der Waals surface area contributed by atoms with Gasteiger partial charge in [0.25, 0.3) is 0 Å². The fraction of sp³-hybridized carbons (Fsp3) is 0.250. The van der Waals surface area contributed by atoms with Crippen LogP contribution in [0, 0.1) is 6.92 Å². The molecule has 2 rings (SSSR count). The first kappa shape index (κ1) is 12.8. The molecule has 0 radical (unpaired) electrons. The van der Waals surface area contributed by atoms with Gasteiger partial charge in [-0.2, -0.15) is 5.10 Å². The van der Waals surface area contributed by atoms with Crippen LogP contribution in [0.1, 0.15) is 5.69 Å². The normalized spacial score (nSPS) is 10.4. The van der Waals surface area contributed by atoms with E-state index >= 15 is 0 Å². The Morgan fingerprint density at radius 3 is 2.61 bits per heavy atom. The van der Waals surface area contributed by atoms with Gasteiger partial charge in [-0.3, -0.25) is 0 Å². The molecule has 2 aromatic rings. The Labute approximate surface area is 114 Å². The number of halogens is 1. The zero-order chi connectivity index (χ0) is 13.3. The molecule has 2 N–H and O–H groups in total. The summed E-state index contributed by atoms with van der Waals surface area (Å²) in [5.74, 6) is 1.94. The van der Waals surface area contributed by atoms with E-state index in [1.807, 2.05) is 25.1 Å². The Hall–Kier alpha value is -1.69. The predicted octanol–water partition coefficient (Wildman–Crippen LogP) is 2.87. The monoisotopic (exact) mass is 311 g/mol. The van der Waals surface area contributed by atoms with E-state index in [1.54, 1.807) is 18.8 Å². The summed E-state index contributed by atoms with van der Waals surface area (Å²) in [6.45, 7) is 1.84. The van der Waals surface area contributed by atoms with Crippen LogP contribution in [0.2, 0.25) is 0 Å². The summed E-state index contributed by atoms with van der Waals surface area (Å²) in [7, 11) is 3.40. The van der Waals surface area contributed by atoms with E-state index in [2.05, 4.69) is 21.0 Å². The Balaban J connectivity index is 2.34. The van der Waals surface area contributed by atoms with E-state index in [0.717, 1.165) is 15.9 Å². The highest BCUT2D eigenvalue weighted by molar-refractivity contribution is 9.10. The topological polar surface area (TPSA) is 62.3 Å². The zero-order valence-corrected chi connectivity index (χ0v) is 12.0. The number of nitrogens with two attached hydrogens (primary N) is 1. The van der Waals surface area contributed by atoms with Crippen LogP contribution in [-0.4, -0.2) is 16.9 Å². The van der Waals surface area contributed by atoms with Gasteiger partial charge in [0.2, 0.25) is 5.88 Å². The van der Waals surface area contributed by atoms with Gasteiger partial charge >= 0.3 is 0 Å². The van der Waals surface area contributed by atoms with E-state index in [0.29, 0.717) is 17.3 Å². The maximum Gasteiger partial charge on any atom is 0.241 e. The summed E-state index contributed by atoms with van der Waals surface area (Å²) < 4.78 is 13.3. The lowest BCUT2D eigenvalue weighted by molar-refractivity contribution is 0.408. The molecule has 0 saturated heterocycles. The van der Waals surface area contributed by atoms with E-state index in [-0.39, 0.29) is 0 Å². The second-order valence-corrected chi connectivity index (χ2v) is 4.68. The first-order valence-corrected chi connectivity index (χ1v) is 6.12. The van der Waals surface area contributed by atoms with Crippen LogP contribution in [0.3, 0.4) is 0 Å². The third-order valence-electron chi connectivity index (χ3n) is 2.56. The lowest BCUT2D eigenvalue weighted by Crippen LogP contribution is -1.97. The van der Waals surface area contributed by atoms with Crippen molar-refractivity contribution in [2.24, 2.45) is 7.05 Å². The number of hydrogen-bond donors (Lipinski definition) is 1. The number of ether oxygens (including phenoxy) is 2. The molecule has 1 aromatic carbocycles. The van der Waals surface area contributed by atoms with Gasteiger partial charge in [-0.1, -0.05) is 0 Å². The number of nitrogens with zero attached hydrogens (tertiary/aromatic N) is 2. The SMILES string of the molecule is COc1ccc(Oc2c(N)c(C)nn2C)c(Br)c1. The van der Waals surface area contributed by atoms with Crippen molar-refractivity contribution >= 4 is 21.6 Å². The first-order valence-electron chi connectivity index (χ1n) is 5.33. The Bertz CT molecular complexity index is 581. The molecule has 96 valence electrons. The summed E-state index contributed by atoms with van der Waals surface area (Å²) >= 11 is 3.43. The van der Waals surface area contributed by atoms with Gasteiger partial charge < -0.3 is 15.2 Å². The minimum Gasteiger partial charge on any atom is -0.497 e. The minimum absolute atomic E-state index is 0.526. The quantitative estimate of drug-likeness (QED) is 0.946. The molecule has 1 aromatic heterocycles. The van der Waals surface area contributed by atoms with E-state index < -0.39 is 0 Å². The number of hydrogen-bond acceptors (Lipinski definition) is 4. The highest BCUT2D eigenvalue weighted by Crippen LogP contribution is 2.35. The molecule has 0 amide bonds. The van der Waals surface area contributed by atoms with Crippen LogP contribution in [0.15, 0.2) is 22.7 Å². The first-order chi connectivity index (χ1) is 8.52. The van der Waals surface area contributed by atoms with Gasteiger partial charge in [0.1, 0.15) is 17.2 Å². The van der Waals surface area contributed by atoms with Crippen molar-refractivity contribution in [3.63, 3.8) is 0 Å². The van der Waals surface area contributed by atoms with E-state index in [1.165, 1.54) is 0 Å². The van der Waals surface area contributed by atoms with Gasteiger partial charge in [-0.05, 0) is 41.1 Å². The molecule has 0 fully saturated rings. The van der Waals surface area contributed by atoms with Crippen molar-refractivity contribution in [3.8, 4) is 17.4 Å². The molecule has 5 nitrogen and oxygen atoms in total. The molecule has 0 bridgehead atoms. The molecule has 0 unspecified atom stereocenters. The second-order valence-electron chi connectivity index (χ2n) is 3.83. The summed E-state index contributed by atoms with van der Waals surface area (Å²) in [5, 5.41) is 4.20. The van der Waals surface area contributed by atoms with Gasteiger partial charge in [0.15, 0.2) is 0 Å². The highest BCUT2D eigenvalue weighted by Gasteiger charge is 2.14. The Morgan fingerprint density at radius 1 is 1.39 bits per heavy atom. The zero-order valence-electron chi connectivity index (χ0n) is 10.4. The van der Waals surface area contributed by atoms with Crippen molar-refractivity contribution in [2.45, 2.75) is 6.92 Å². The lowest BCUT2D eigenvalue weighted by atomic mass is 10.3. The van der Waals surface area contributed by atoms with Gasteiger partial charge in [-0.15, -0.1) is 0 Å². The molecule has 0 aliphatic carbocycles. The summed E-state index contributed by atoms with van der Waals surface area (Å²) in [6.07, 6.45) is 0. The number of methoxy groups -OCH3 is 1. The number of benzene rings is 1. The average molecular weight is 312 g/mol. The van der Waals surface area contributed by atoms with Crippen molar-refractivity contribution in [1.29, 1.82) is 0 Å². The molecule has 1 heterocycles. The summed E-state index contributed by atoms with van der Waals surface area (Å²) in [5.41, 5.74) is 7.20. The molecule has 0 saturated carbocycles. The number of nitrogen functional groups attached to an aromatic ring is 1. The Morgan fingerprint density at radius 2 is 2.11 bits per heavy atom. The van der Waals surface area contributed by atoms with E-state index in [9.17, 15) is 0 Å². The molecular weight excluding hydrogens is 298 g/mol. The van der Waals surface area contributed by atoms with Crippen molar-refractivity contribution in [2.75, 3.05) is 12.8 Å². The predicted molar refractivity (Wildman–Crippen MR) is 73.1 cm³/mol. The molecule has 0 spiro atoms. The Kier molecular flexibility index (Phi) is 3.47. The van der Waals surface area contributed by atoms with Gasteiger partial charge in [-0.25, -0.2) is 4.68 Å².